The molecule has 6 heteroatoms. The molecule has 0 aliphatic carbocycles. The Bertz CT molecular complexity index is 495. The van der Waals surface area contributed by atoms with E-state index in [1.54, 1.807) is 0 Å². The van der Waals surface area contributed by atoms with Gasteiger partial charge in [0.05, 0.1) is 0 Å². The molecule has 0 aliphatic heterocycles. The van der Waals surface area contributed by atoms with Crippen LogP contribution in [0.25, 0.3) is 11.3 Å². The Morgan fingerprint density at radius 1 is 1.33 bits per heavy atom. The summed E-state index contributed by atoms with van der Waals surface area (Å²) in [4.78, 5) is 10.7. The van der Waals surface area contributed by atoms with Gasteiger partial charge < -0.3 is 5.11 Å². The number of halogens is 1. The highest BCUT2D eigenvalue weighted by Gasteiger charge is 2.15. The normalized spacial score (nSPS) is 10.2. The third kappa shape index (κ3) is 1.84. The largest absolute Gasteiger partial charge is 0.463 e. The fourth-order valence-electron chi connectivity index (χ4n) is 1.17. The second kappa shape index (κ2) is 3.97. The van der Waals surface area contributed by atoms with Crippen molar-refractivity contribution in [3.63, 3.8) is 0 Å². The molecule has 1 aromatic carbocycles. The molecule has 1 N–H and O–H groups in total. The molecule has 0 saturated heterocycles. The van der Waals surface area contributed by atoms with Gasteiger partial charge in [-0.1, -0.05) is 35.5 Å². The Kier molecular flexibility index (Phi) is 2.67. The molecule has 1 heterocycles. The lowest BCUT2D eigenvalue weighted by molar-refractivity contribution is 0.191. The number of aromatic nitrogens is 3. The van der Waals surface area contributed by atoms with Crippen molar-refractivity contribution in [2.24, 2.45) is 0 Å². The second-order valence-electron chi connectivity index (χ2n) is 2.79. The van der Waals surface area contributed by atoms with E-state index in [4.69, 9.17) is 5.11 Å². The Balaban J connectivity index is 2.52. The molecule has 0 amide bonds. The van der Waals surface area contributed by atoms with Gasteiger partial charge >= 0.3 is 6.09 Å². The van der Waals surface area contributed by atoms with Crippen LogP contribution in [0.3, 0.4) is 0 Å². The first-order valence-corrected chi connectivity index (χ1v) is 5.18. The van der Waals surface area contributed by atoms with Crippen molar-refractivity contribution in [3.05, 3.63) is 34.0 Å². The van der Waals surface area contributed by atoms with Gasteiger partial charge in [-0.3, -0.25) is 0 Å². The average Bonchev–Trinajstić information content (AvgIpc) is 2.61. The molecule has 0 bridgehead atoms. The highest BCUT2D eigenvalue weighted by Crippen LogP contribution is 2.21. The van der Waals surface area contributed by atoms with Crippen LogP contribution in [0.4, 0.5) is 4.79 Å². The number of hydrogen-bond donors (Lipinski definition) is 1. The van der Waals surface area contributed by atoms with Crippen LogP contribution in [0.5, 0.6) is 0 Å². The molecule has 0 atom stereocenters. The molecule has 2 rings (SSSR count). The second-order valence-corrected chi connectivity index (χ2v) is 3.81. The van der Waals surface area contributed by atoms with Crippen LogP contribution in [0.1, 0.15) is 0 Å². The first-order valence-electron chi connectivity index (χ1n) is 4.10. The number of benzene rings is 1. The fraction of sp³-hybridized carbons (Fsp3) is 0. The molecule has 0 saturated carbocycles. The smallest absolute Gasteiger partial charge is 0.434 e. The highest BCUT2D eigenvalue weighted by atomic mass is 127. The summed E-state index contributed by atoms with van der Waals surface area (Å²) in [5.74, 6) is 0. The number of hydrogen-bond acceptors (Lipinski definition) is 3. The summed E-state index contributed by atoms with van der Waals surface area (Å²) in [5, 5.41) is 16.2. The van der Waals surface area contributed by atoms with Crippen molar-refractivity contribution < 1.29 is 9.90 Å². The van der Waals surface area contributed by atoms with E-state index in [9.17, 15) is 4.79 Å². The third-order valence-electron chi connectivity index (χ3n) is 1.84. The molecular weight excluding hydrogens is 309 g/mol. The predicted octanol–water partition coefficient (Wildman–Crippen LogP) is 2.08. The maximum atomic E-state index is 10.7. The van der Waals surface area contributed by atoms with E-state index in [2.05, 4.69) is 10.3 Å². The van der Waals surface area contributed by atoms with E-state index in [0.29, 0.717) is 9.39 Å². The van der Waals surface area contributed by atoms with Gasteiger partial charge in [-0.2, -0.15) is 0 Å². The van der Waals surface area contributed by atoms with Crippen molar-refractivity contribution in [1.82, 2.24) is 15.0 Å². The monoisotopic (exact) mass is 315 g/mol. The van der Waals surface area contributed by atoms with Gasteiger partial charge in [0.2, 0.25) is 0 Å². The number of rotatable bonds is 1. The van der Waals surface area contributed by atoms with E-state index in [1.807, 2.05) is 52.9 Å². The van der Waals surface area contributed by atoms with E-state index in [0.717, 1.165) is 10.2 Å². The topological polar surface area (TPSA) is 68.0 Å². The molecule has 1 aromatic heterocycles. The summed E-state index contributed by atoms with van der Waals surface area (Å²) in [6, 6.07) is 9.34. The van der Waals surface area contributed by atoms with Crippen molar-refractivity contribution in [2.45, 2.75) is 0 Å². The minimum absolute atomic E-state index is 0.492. The number of carboxylic acid groups (broad SMARTS) is 1. The molecule has 0 fully saturated rings. The molecule has 0 radical (unpaired) electrons. The molecule has 15 heavy (non-hydrogen) atoms. The van der Waals surface area contributed by atoms with Gasteiger partial charge in [0.25, 0.3) is 0 Å². The van der Waals surface area contributed by atoms with Crippen molar-refractivity contribution in [2.75, 3.05) is 0 Å². The minimum Gasteiger partial charge on any atom is -0.463 e. The molecule has 2 aromatic rings. The van der Waals surface area contributed by atoms with Gasteiger partial charge in [-0.25, -0.2) is 4.79 Å². The van der Waals surface area contributed by atoms with Crippen LogP contribution >= 0.6 is 22.6 Å². The van der Waals surface area contributed by atoms with E-state index < -0.39 is 6.09 Å². The summed E-state index contributed by atoms with van der Waals surface area (Å²) < 4.78 is 1.34. The summed E-state index contributed by atoms with van der Waals surface area (Å²) in [6.45, 7) is 0. The molecule has 76 valence electrons. The van der Waals surface area contributed by atoms with E-state index >= 15 is 0 Å². The van der Waals surface area contributed by atoms with Gasteiger partial charge in [-0.05, 0) is 22.6 Å². The van der Waals surface area contributed by atoms with Crippen molar-refractivity contribution >= 4 is 28.7 Å². The standard InChI is InChI=1S/C9H6IN3O2/c10-8-7(6-4-2-1-3-5-6)11-12-13(8)9(14)15/h1-5H,(H,14,15). The van der Waals surface area contributed by atoms with Crippen molar-refractivity contribution in [1.29, 1.82) is 0 Å². The Labute approximate surface area is 98.9 Å². The highest BCUT2D eigenvalue weighted by molar-refractivity contribution is 14.1. The van der Waals surface area contributed by atoms with Crippen LogP contribution in [0.2, 0.25) is 0 Å². The quantitative estimate of drug-likeness (QED) is 0.818. The van der Waals surface area contributed by atoms with Crippen LogP contribution in [-0.4, -0.2) is 26.2 Å². The van der Waals surface area contributed by atoms with E-state index in [-0.39, 0.29) is 0 Å². The average molecular weight is 315 g/mol. The lowest BCUT2D eigenvalue weighted by Gasteiger charge is -1.96. The SMILES string of the molecule is O=C(O)n1nnc(-c2ccccc2)c1I. The maximum Gasteiger partial charge on any atom is 0.434 e. The van der Waals surface area contributed by atoms with Crippen LogP contribution in [0, 0.1) is 3.70 Å². The first kappa shape index (κ1) is 10.1. The zero-order chi connectivity index (χ0) is 10.8. The molecular formula is C9H6IN3O2. The Morgan fingerprint density at radius 2 is 2.00 bits per heavy atom. The van der Waals surface area contributed by atoms with Crippen LogP contribution < -0.4 is 0 Å². The molecule has 0 unspecified atom stereocenters. The summed E-state index contributed by atoms with van der Waals surface area (Å²) in [5.41, 5.74) is 1.44. The maximum absolute atomic E-state index is 10.7. The van der Waals surface area contributed by atoms with Gasteiger partial charge in [0.1, 0.15) is 9.39 Å². The molecule has 0 aliphatic rings. The van der Waals surface area contributed by atoms with Gasteiger partial charge in [0, 0.05) is 5.56 Å². The lowest BCUT2D eigenvalue weighted by atomic mass is 10.2. The van der Waals surface area contributed by atoms with Crippen LogP contribution in [0.15, 0.2) is 30.3 Å². The zero-order valence-corrected chi connectivity index (χ0v) is 9.62. The third-order valence-corrected chi connectivity index (χ3v) is 2.81. The predicted molar refractivity (Wildman–Crippen MR) is 61.6 cm³/mol. The molecule has 5 nitrogen and oxygen atoms in total. The molecule has 0 spiro atoms. The van der Waals surface area contributed by atoms with Gasteiger partial charge in [0.15, 0.2) is 0 Å². The fourth-order valence-corrected chi connectivity index (χ4v) is 1.89. The summed E-state index contributed by atoms with van der Waals surface area (Å²) in [7, 11) is 0. The van der Waals surface area contributed by atoms with Crippen molar-refractivity contribution in [3.8, 4) is 11.3 Å². The minimum atomic E-state index is -1.13. The van der Waals surface area contributed by atoms with Crippen LogP contribution in [-0.2, 0) is 0 Å². The lowest BCUT2D eigenvalue weighted by Crippen LogP contribution is -2.11. The Hall–Kier alpha value is -1.44. The summed E-state index contributed by atoms with van der Waals surface area (Å²) >= 11 is 1.91. The van der Waals surface area contributed by atoms with Gasteiger partial charge in [-0.15, -0.1) is 9.78 Å². The zero-order valence-electron chi connectivity index (χ0n) is 7.46. The van der Waals surface area contributed by atoms with E-state index in [1.165, 1.54) is 0 Å². The first-order chi connectivity index (χ1) is 7.20. The Morgan fingerprint density at radius 3 is 2.53 bits per heavy atom. The number of nitrogens with zero attached hydrogens (tertiary/aromatic N) is 3. The number of carbonyl (C=O) groups is 1. The summed E-state index contributed by atoms with van der Waals surface area (Å²) in [6.07, 6.45) is -1.13.